The molecule has 1 amide bonds. The van der Waals surface area contributed by atoms with Crippen molar-refractivity contribution in [1.82, 2.24) is 10.6 Å². The fourth-order valence-electron chi connectivity index (χ4n) is 2.98. The molecule has 1 aromatic carbocycles. The third-order valence-corrected chi connectivity index (χ3v) is 4.37. The average Bonchev–Trinajstić information content (AvgIpc) is 2.50. The van der Waals surface area contributed by atoms with Crippen molar-refractivity contribution in [3.05, 3.63) is 35.6 Å². The Bertz CT molecular complexity index is 458. The Hall–Kier alpha value is -1.42. The summed E-state index contributed by atoms with van der Waals surface area (Å²) in [5.41, 5.74) is 0.657. The predicted molar refractivity (Wildman–Crippen MR) is 82.5 cm³/mol. The molecule has 1 unspecified atom stereocenters. The van der Waals surface area contributed by atoms with Gasteiger partial charge in [-0.15, -0.1) is 0 Å². The second-order valence-electron chi connectivity index (χ2n) is 5.96. The maximum atomic E-state index is 13.4. The Morgan fingerprint density at radius 1 is 1.38 bits per heavy atom. The lowest BCUT2D eigenvalue weighted by atomic mass is 9.84. The van der Waals surface area contributed by atoms with Crippen molar-refractivity contribution in [2.24, 2.45) is 11.8 Å². The summed E-state index contributed by atoms with van der Waals surface area (Å²) in [6.07, 6.45) is 3.43. The van der Waals surface area contributed by atoms with Gasteiger partial charge in [-0.1, -0.05) is 25.1 Å². The number of hydrogen-bond acceptors (Lipinski definition) is 2. The molecule has 0 aromatic heterocycles. The van der Waals surface area contributed by atoms with Crippen molar-refractivity contribution in [2.75, 3.05) is 19.6 Å². The summed E-state index contributed by atoms with van der Waals surface area (Å²) in [7, 11) is 0. The summed E-state index contributed by atoms with van der Waals surface area (Å²) in [6.45, 7) is 4.78. The van der Waals surface area contributed by atoms with E-state index < -0.39 is 0 Å². The number of rotatable bonds is 6. The van der Waals surface area contributed by atoms with Crippen LogP contribution < -0.4 is 10.6 Å². The van der Waals surface area contributed by atoms with E-state index in [1.807, 2.05) is 6.07 Å². The monoisotopic (exact) mass is 292 g/mol. The Balaban J connectivity index is 1.68. The zero-order valence-electron chi connectivity index (χ0n) is 12.7. The number of piperidine rings is 1. The third kappa shape index (κ3) is 5.12. The van der Waals surface area contributed by atoms with Gasteiger partial charge in [-0.25, -0.2) is 4.39 Å². The standard InChI is InChI=1S/C17H25FN2O/c1-13(14-6-9-19-10-7-14)12-17(21)20-11-8-15-4-2-3-5-16(15)18/h2-5,13-14,19H,6-12H2,1H3,(H,20,21). The molecule has 1 aromatic rings. The molecule has 4 heteroatoms. The van der Waals surface area contributed by atoms with Crippen molar-refractivity contribution in [3.63, 3.8) is 0 Å². The first-order chi connectivity index (χ1) is 10.2. The van der Waals surface area contributed by atoms with Crippen molar-refractivity contribution in [2.45, 2.75) is 32.6 Å². The lowest BCUT2D eigenvalue weighted by Gasteiger charge is -2.27. The molecule has 1 fully saturated rings. The fraction of sp³-hybridized carbons (Fsp3) is 0.588. The van der Waals surface area contributed by atoms with Gasteiger partial charge >= 0.3 is 0 Å². The van der Waals surface area contributed by atoms with Gasteiger partial charge in [-0.3, -0.25) is 4.79 Å². The number of nitrogens with one attached hydrogen (secondary N) is 2. The Kier molecular flexibility index (Phi) is 6.18. The van der Waals surface area contributed by atoms with Crippen LogP contribution in [0.25, 0.3) is 0 Å². The maximum Gasteiger partial charge on any atom is 0.220 e. The number of hydrogen-bond donors (Lipinski definition) is 2. The van der Waals surface area contributed by atoms with Gasteiger partial charge in [-0.2, -0.15) is 0 Å². The van der Waals surface area contributed by atoms with E-state index in [0.717, 1.165) is 25.9 Å². The highest BCUT2D eigenvalue weighted by Gasteiger charge is 2.21. The number of carbonyl (C=O) groups excluding carboxylic acids is 1. The molecule has 3 nitrogen and oxygen atoms in total. The van der Waals surface area contributed by atoms with Crippen LogP contribution in [0.1, 0.15) is 31.7 Å². The summed E-state index contributed by atoms with van der Waals surface area (Å²) < 4.78 is 13.4. The van der Waals surface area contributed by atoms with Crippen LogP contribution in [0.15, 0.2) is 24.3 Å². The molecular weight excluding hydrogens is 267 g/mol. The van der Waals surface area contributed by atoms with Crippen LogP contribution in [-0.2, 0) is 11.2 Å². The first-order valence-corrected chi connectivity index (χ1v) is 7.87. The number of amides is 1. The Morgan fingerprint density at radius 3 is 2.81 bits per heavy atom. The fourth-order valence-corrected chi connectivity index (χ4v) is 2.98. The molecule has 21 heavy (non-hydrogen) atoms. The van der Waals surface area contributed by atoms with Crippen molar-refractivity contribution in [3.8, 4) is 0 Å². The quantitative estimate of drug-likeness (QED) is 0.846. The zero-order valence-corrected chi connectivity index (χ0v) is 12.7. The number of carbonyl (C=O) groups is 1. The SMILES string of the molecule is CC(CC(=O)NCCc1ccccc1F)C1CCNCC1. The van der Waals surface area contributed by atoms with Gasteiger partial charge < -0.3 is 10.6 Å². The minimum Gasteiger partial charge on any atom is -0.356 e. The minimum atomic E-state index is -0.199. The van der Waals surface area contributed by atoms with Crippen LogP contribution in [0, 0.1) is 17.7 Å². The molecule has 0 radical (unpaired) electrons. The van der Waals surface area contributed by atoms with Gasteiger partial charge in [0.2, 0.25) is 5.91 Å². The normalized spacial score (nSPS) is 17.4. The van der Waals surface area contributed by atoms with Gasteiger partial charge in [0.05, 0.1) is 0 Å². The van der Waals surface area contributed by atoms with Crippen LogP contribution in [0.5, 0.6) is 0 Å². The largest absolute Gasteiger partial charge is 0.356 e. The van der Waals surface area contributed by atoms with E-state index in [1.165, 1.54) is 6.07 Å². The van der Waals surface area contributed by atoms with Gasteiger partial charge in [0.15, 0.2) is 0 Å². The average molecular weight is 292 g/mol. The van der Waals surface area contributed by atoms with Crippen molar-refractivity contribution >= 4 is 5.91 Å². The van der Waals surface area contributed by atoms with E-state index in [0.29, 0.717) is 36.8 Å². The summed E-state index contributed by atoms with van der Waals surface area (Å²) in [4.78, 5) is 12.0. The smallest absolute Gasteiger partial charge is 0.220 e. The molecule has 1 aliphatic rings. The molecule has 1 atom stereocenters. The summed E-state index contributed by atoms with van der Waals surface area (Å²) in [5.74, 6) is 0.941. The van der Waals surface area contributed by atoms with Crippen molar-refractivity contribution in [1.29, 1.82) is 0 Å². The highest BCUT2D eigenvalue weighted by atomic mass is 19.1. The summed E-state index contributed by atoms with van der Waals surface area (Å²) >= 11 is 0. The second kappa shape index (κ2) is 8.13. The minimum absolute atomic E-state index is 0.0809. The molecule has 1 heterocycles. The van der Waals surface area contributed by atoms with Crippen LogP contribution in [-0.4, -0.2) is 25.5 Å². The zero-order chi connectivity index (χ0) is 15.1. The van der Waals surface area contributed by atoms with E-state index in [2.05, 4.69) is 17.6 Å². The van der Waals surface area contributed by atoms with Crippen LogP contribution in [0.4, 0.5) is 4.39 Å². The lowest BCUT2D eigenvalue weighted by Crippen LogP contribution is -2.34. The Labute approximate surface area is 126 Å². The topological polar surface area (TPSA) is 41.1 Å². The van der Waals surface area contributed by atoms with Gasteiger partial charge in [0.1, 0.15) is 5.82 Å². The molecule has 0 saturated carbocycles. The highest BCUT2D eigenvalue weighted by Crippen LogP contribution is 2.24. The van der Waals surface area contributed by atoms with E-state index >= 15 is 0 Å². The predicted octanol–water partition coefficient (Wildman–Crippen LogP) is 2.51. The highest BCUT2D eigenvalue weighted by molar-refractivity contribution is 5.76. The molecule has 116 valence electrons. The van der Waals surface area contributed by atoms with Gasteiger partial charge in [-0.05, 0) is 55.8 Å². The van der Waals surface area contributed by atoms with Crippen LogP contribution in [0.3, 0.4) is 0 Å². The van der Waals surface area contributed by atoms with Gasteiger partial charge in [0, 0.05) is 13.0 Å². The molecule has 1 aliphatic heterocycles. The number of benzene rings is 1. The molecule has 1 saturated heterocycles. The molecular formula is C17H25FN2O. The van der Waals surface area contributed by atoms with E-state index in [9.17, 15) is 9.18 Å². The van der Waals surface area contributed by atoms with Crippen LogP contribution >= 0.6 is 0 Å². The first-order valence-electron chi connectivity index (χ1n) is 7.87. The van der Waals surface area contributed by atoms with E-state index in [-0.39, 0.29) is 11.7 Å². The third-order valence-electron chi connectivity index (χ3n) is 4.37. The summed E-state index contributed by atoms with van der Waals surface area (Å²) in [6, 6.07) is 6.72. The molecule has 0 aliphatic carbocycles. The summed E-state index contributed by atoms with van der Waals surface area (Å²) in [5, 5.41) is 6.25. The van der Waals surface area contributed by atoms with E-state index in [4.69, 9.17) is 0 Å². The first kappa shape index (κ1) is 16.0. The Morgan fingerprint density at radius 2 is 2.10 bits per heavy atom. The van der Waals surface area contributed by atoms with Crippen LogP contribution in [0.2, 0.25) is 0 Å². The molecule has 2 rings (SSSR count). The number of halogens is 1. The molecule has 2 N–H and O–H groups in total. The lowest BCUT2D eigenvalue weighted by molar-refractivity contribution is -0.122. The molecule has 0 bridgehead atoms. The maximum absolute atomic E-state index is 13.4. The van der Waals surface area contributed by atoms with Crippen molar-refractivity contribution < 1.29 is 9.18 Å². The second-order valence-corrected chi connectivity index (χ2v) is 5.96. The molecule has 0 spiro atoms. The van der Waals surface area contributed by atoms with Gasteiger partial charge in [0.25, 0.3) is 0 Å². The van der Waals surface area contributed by atoms with E-state index in [1.54, 1.807) is 12.1 Å².